The lowest BCUT2D eigenvalue weighted by Crippen LogP contribution is -2.32. The van der Waals surface area contributed by atoms with Gasteiger partial charge in [0.25, 0.3) is 11.5 Å². The van der Waals surface area contributed by atoms with Crippen LogP contribution in [0, 0.1) is 0 Å². The third-order valence-corrected chi connectivity index (χ3v) is 4.99. The van der Waals surface area contributed by atoms with Crippen molar-refractivity contribution in [2.75, 3.05) is 19.0 Å². The molecule has 4 rings (SSSR count). The van der Waals surface area contributed by atoms with Gasteiger partial charge in [-0.05, 0) is 30.3 Å². The van der Waals surface area contributed by atoms with E-state index in [2.05, 4.69) is 15.4 Å². The zero-order valence-electron chi connectivity index (χ0n) is 17.9. The highest BCUT2D eigenvalue weighted by Gasteiger charge is 2.15. The molecule has 34 heavy (non-hydrogen) atoms. The Labute approximate surface area is 198 Å². The molecule has 0 atom stereocenters. The Kier molecular flexibility index (Phi) is 6.74. The second-order valence-corrected chi connectivity index (χ2v) is 7.50. The first-order valence-corrected chi connectivity index (χ1v) is 10.5. The van der Waals surface area contributed by atoms with E-state index in [4.69, 9.17) is 21.1 Å². The van der Waals surface area contributed by atoms with Crippen LogP contribution in [0.15, 0.2) is 81.4 Å². The van der Waals surface area contributed by atoms with Crippen LogP contribution in [-0.2, 0) is 4.79 Å². The molecule has 0 unspecified atom stereocenters. The van der Waals surface area contributed by atoms with Gasteiger partial charge in [-0.1, -0.05) is 41.9 Å². The molecule has 0 saturated carbocycles. The number of aromatic nitrogens is 2. The molecule has 1 aromatic heterocycles. The maximum Gasteiger partial charge on any atom is 0.349 e. The molecule has 2 N–H and O–H groups in total. The first kappa shape index (κ1) is 22.8. The van der Waals surface area contributed by atoms with Crippen molar-refractivity contribution >= 4 is 40.3 Å². The van der Waals surface area contributed by atoms with Crippen molar-refractivity contribution in [3.63, 3.8) is 0 Å². The number of amides is 1. The summed E-state index contributed by atoms with van der Waals surface area (Å²) in [5, 5.41) is 7.36. The van der Waals surface area contributed by atoms with Gasteiger partial charge < -0.3 is 19.8 Å². The number of benzene rings is 3. The minimum Gasteiger partial charge on any atom is -0.493 e. The number of fused-ring (bicyclic) bond motifs is 1. The third kappa shape index (κ3) is 5.00. The summed E-state index contributed by atoms with van der Waals surface area (Å²) in [6.07, 6.45) is 1.24. The Morgan fingerprint density at radius 2 is 1.85 bits per heavy atom. The smallest absolute Gasteiger partial charge is 0.349 e. The number of rotatable bonds is 7. The van der Waals surface area contributed by atoms with E-state index >= 15 is 0 Å². The lowest BCUT2D eigenvalue weighted by molar-refractivity contribution is -0.118. The number of nitrogens with one attached hydrogen (secondary N) is 2. The number of carbonyl (C=O) groups excluding carboxylic acids is 1. The third-order valence-electron chi connectivity index (χ3n) is 4.77. The number of hydrogen-bond donors (Lipinski definition) is 2. The molecule has 9 nitrogen and oxygen atoms in total. The number of H-pyrrole nitrogens is 1. The molecule has 1 heterocycles. The molecule has 0 aliphatic rings. The summed E-state index contributed by atoms with van der Waals surface area (Å²) in [6.45, 7) is -0.329. The van der Waals surface area contributed by atoms with E-state index in [9.17, 15) is 14.4 Å². The van der Waals surface area contributed by atoms with Crippen LogP contribution >= 0.6 is 11.6 Å². The standard InChI is InChI=1S/C24H19ClN4O5/c1-33-20-12-16(25)11-15(22(20)34-14-21(30)27-17-7-3-2-4-8-17)13-26-29-23(31)18-9-5-6-10-19(18)28-24(29)32/h2-13H,14H2,1H3,(H,27,30)(H,28,32). The van der Waals surface area contributed by atoms with Gasteiger partial charge in [-0.3, -0.25) is 9.59 Å². The van der Waals surface area contributed by atoms with Gasteiger partial charge in [0.15, 0.2) is 18.1 Å². The van der Waals surface area contributed by atoms with Gasteiger partial charge in [-0.25, -0.2) is 4.79 Å². The van der Waals surface area contributed by atoms with E-state index in [1.54, 1.807) is 48.5 Å². The van der Waals surface area contributed by atoms with E-state index in [1.807, 2.05) is 6.07 Å². The predicted octanol–water partition coefficient (Wildman–Crippen LogP) is 3.25. The Hall–Kier alpha value is -4.37. The van der Waals surface area contributed by atoms with Crippen molar-refractivity contribution in [3.05, 3.63) is 98.2 Å². The molecule has 0 fully saturated rings. The summed E-state index contributed by atoms with van der Waals surface area (Å²) >= 11 is 6.18. The van der Waals surface area contributed by atoms with Gasteiger partial charge in [-0.15, -0.1) is 4.68 Å². The number of carbonyl (C=O) groups is 1. The van der Waals surface area contributed by atoms with E-state index in [-0.39, 0.29) is 18.1 Å². The summed E-state index contributed by atoms with van der Waals surface area (Å²) < 4.78 is 11.7. The van der Waals surface area contributed by atoms with Gasteiger partial charge in [0, 0.05) is 22.3 Å². The number of methoxy groups -OCH3 is 1. The minimum atomic E-state index is -0.710. The van der Waals surface area contributed by atoms with Crippen LogP contribution in [0.2, 0.25) is 5.02 Å². The normalized spacial score (nSPS) is 11.0. The van der Waals surface area contributed by atoms with Crippen molar-refractivity contribution in [2.24, 2.45) is 5.10 Å². The quantitative estimate of drug-likeness (QED) is 0.396. The second kappa shape index (κ2) is 10.1. The molecule has 3 aromatic carbocycles. The highest BCUT2D eigenvalue weighted by Crippen LogP contribution is 2.34. The molecule has 0 aliphatic heterocycles. The summed E-state index contributed by atoms with van der Waals surface area (Å²) in [7, 11) is 1.42. The second-order valence-electron chi connectivity index (χ2n) is 7.07. The molecule has 0 saturated heterocycles. The molecular formula is C24H19ClN4O5. The largest absolute Gasteiger partial charge is 0.493 e. The number of hydrogen-bond acceptors (Lipinski definition) is 6. The van der Waals surface area contributed by atoms with Gasteiger partial charge in [-0.2, -0.15) is 5.10 Å². The molecule has 0 bridgehead atoms. The van der Waals surface area contributed by atoms with Gasteiger partial charge in [0.2, 0.25) is 0 Å². The summed E-state index contributed by atoms with van der Waals surface area (Å²) in [5.41, 5.74) is 0.0296. The fourth-order valence-electron chi connectivity index (χ4n) is 3.22. The van der Waals surface area contributed by atoms with Crippen molar-refractivity contribution in [1.82, 2.24) is 9.66 Å². The number of para-hydroxylation sites is 2. The maximum absolute atomic E-state index is 12.7. The first-order valence-electron chi connectivity index (χ1n) is 10.1. The predicted molar refractivity (Wildman–Crippen MR) is 130 cm³/mol. The minimum absolute atomic E-state index is 0.170. The Bertz CT molecular complexity index is 1500. The van der Waals surface area contributed by atoms with E-state index < -0.39 is 17.2 Å². The van der Waals surface area contributed by atoms with Crippen molar-refractivity contribution in [3.8, 4) is 11.5 Å². The van der Waals surface area contributed by atoms with Crippen LogP contribution in [0.25, 0.3) is 10.9 Å². The highest BCUT2D eigenvalue weighted by atomic mass is 35.5. The zero-order chi connectivity index (χ0) is 24.1. The van der Waals surface area contributed by atoms with Gasteiger partial charge in [0.1, 0.15) is 0 Å². The lowest BCUT2D eigenvalue weighted by Gasteiger charge is -2.14. The van der Waals surface area contributed by atoms with Crippen LogP contribution in [0.1, 0.15) is 5.56 Å². The molecule has 0 spiro atoms. The van der Waals surface area contributed by atoms with Crippen LogP contribution in [-0.4, -0.2) is 35.5 Å². The Morgan fingerprint density at radius 1 is 1.12 bits per heavy atom. The molecule has 0 radical (unpaired) electrons. The lowest BCUT2D eigenvalue weighted by atomic mass is 10.2. The number of anilines is 1. The average Bonchev–Trinajstić information content (AvgIpc) is 2.83. The maximum atomic E-state index is 12.7. The molecule has 10 heteroatoms. The molecule has 4 aromatic rings. The molecule has 1 amide bonds. The average molecular weight is 479 g/mol. The fourth-order valence-corrected chi connectivity index (χ4v) is 3.44. The van der Waals surface area contributed by atoms with E-state index in [0.29, 0.717) is 31.9 Å². The number of ether oxygens (including phenoxy) is 2. The fraction of sp³-hybridized carbons (Fsp3) is 0.0833. The number of aromatic amines is 1. The van der Waals surface area contributed by atoms with Crippen molar-refractivity contribution in [2.45, 2.75) is 0 Å². The van der Waals surface area contributed by atoms with E-state index in [1.165, 1.54) is 25.5 Å². The molecule has 0 aliphatic carbocycles. The molecule has 172 valence electrons. The van der Waals surface area contributed by atoms with Crippen LogP contribution in [0.3, 0.4) is 0 Å². The van der Waals surface area contributed by atoms with Crippen LogP contribution < -0.4 is 26.0 Å². The Morgan fingerprint density at radius 3 is 2.62 bits per heavy atom. The molecular weight excluding hydrogens is 460 g/mol. The zero-order valence-corrected chi connectivity index (χ0v) is 18.7. The summed E-state index contributed by atoms with van der Waals surface area (Å²) in [5.74, 6) is 0.0265. The summed E-state index contributed by atoms with van der Waals surface area (Å²) in [6, 6.07) is 18.6. The summed E-state index contributed by atoms with van der Waals surface area (Å²) in [4.78, 5) is 40.1. The number of halogens is 1. The van der Waals surface area contributed by atoms with Crippen LogP contribution in [0.4, 0.5) is 5.69 Å². The Balaban J connectivity index is 1.65. The van der Waals surface area contributed by atoms with Crippen LogP contribution in [0.5, 0.6) is 11.5 Å². The topological polar surface area (TPSA) is 115 Å². The first-order chi connectivity index (χ1) is 16.5. The van der Waals surface area contributed by atoms with E-state index in [0.717, 1.165) is 0 Å². The monoisotopic (exact) mass is 478 g/mol. The SMILES string of the molecule is COc1cc(Cl)cc(C=Nn2c(=O)[nH]c3ccccc3c2=O)c1OCC(=O)Nc1ccccc1. The van der Waals surface area contributed by atoms with Crippen molar-refractivity contribution < 1.29 is 14.3 Å². The highest BCUT2D eigenvalue weighted by molar-refractivity contribution is 6.31. The van der Waals surface area contributed by atoms with Gasteiger partial charge in [0.05, 0.1) is 24.2 Å². The van der Waals surface area contributed by atoms with Gasteiger partial charge >= 0.3 is 5.69 Å². The van der Waals surface area contributed by atoms with Crippen molar-refractivity contribution in [1.29, 1.82) is 0 Å². The number of nitrogens with zero attached hydrogens (tertiary/aromatic N) is 2.